The largest absolute Gasteiger partial charge is 0.444 e. The number of benzene rings is 2. The summed E-state index contributed by atoms with van der Waals surface area (Å²) in [6, 6.07) is 18.9. The van der Waals surface area contributed by atoms with Crippen LogP contribution in [-0.4, -0.2) is 72.3 Å². The van der Waals surface area contributed by atoms with Crippen molar-refractivity contribution in [2.75, 3.05) is 26.2 Å². The highest BCUT2D eigenvalue weighted by Crippen LogP contribution is 2.13. The number of hydrogen-bond donors (Lipinski definition) is 3. The van der Waals surface area contributed by atoms with Crippen LogP contribution in [0.5, 0.6) is 0 Å². The second-order valence-electron chi connectivity index (χ2n) is 12.6. The van der Waals surface area contributed by atoms with Gasteiger partial charge in [-0.05, 0) is 84.8 Å². The van der Waals surface area contributed by atoms with Crippen molar-refractivity contribution in [1.29, 1.82) is 0 Å². The number of amides is 4. The van der Waals surface area contributed by atoms with Crippen molar-refractivity contribution in [3.8, 4) is 0 Å². The molecule has 1 atom stereocenters. The van der Waals surface area contributed by atoms with Gasteiger partial charge in [0.25, 0.3) is 0 Å². The van der Waals surface area contributed by atoms with Crippen molar-refractivity contribution < 1.29 is 28.7 Å². The lowest BCUT2D eigenvalue weighted by molar-refractivity contribution is -0.140. The minimum absolute atomic E-state index is 0.264. The number of carbonyl (C=O) groups excluding carboxylic acids is 4. The van der Waals surface area contributed by atoms with Gasteiger partial charge in [-0.2, -0.15) is 0 Å². The molecule has 0 aliphatic rings. The molecule has 0 saturated carbocycles. The molecule has 0 aliphatic heterocycles. The van der Waals surface area contributed by atoms with Gasteiger partial charge in [0.1, 0.15) is 23.8 Å². The number of rotatable bonds is 15. The molecule has 0 bridgehead atoms. The van der Waals surface area contributed by atoms with Crippen molar-refractivity contribution in [2.45, 2.75) is 90.9 Å². The number of ether oxygens (including phenoxy) is 2. The Bertz CT molecular complexity index is 1180. The van der Waals surface area contributed by atoms with Crippen molar-refractivity contribution in [3.63, 3.8) is 0 Å². The molecule has 0 unspecified atom stereocenters. The van der Waals surface area contributed by atoms with E-state index in [1.807, 2.05) is 60.7 Å². The van der Waals surface area contributed by atoms with Gasteiger partial charge in [0.2, 0.25) is 11.8 Å². The van der Waals surface area contributed by atoms with Crippen molar-refractivity contribution in [3.05, 3.63) is 71.8 Å². The topological polar surface area (TPSA) is 126 Å². The van der Waals surface area contributed by atoms with E-state index in [9.17, 15) is 19.2 Å². The number of carbonyl (C=O) groups is 4. The van der Waals surface area contributed by atoms with Crippen LogP contribution in [0.25, 0.3) is 0 Å². The Kier molecular flexibility index (Phi) is 14.7. The zero-order valence-electron chi connectivity index (χ0n) is 27.1. The van der Waals surface area contributed by atoms with Crippen molar-refractivity contribution >= 4 is 24.0 Å². The van der Waals surface area contributed by atoms with Gasteiger partial charge in [-0.25, -0.2) is 9.59 Å². The average molecular weight is 611 g/mol. The van der Waals surface area contributed by atoms with Gasteiger partial charge in [0.05, 0.1) is 0 Å². The highest BCUT2D eigenvalue weighted by molar-refractivity contribution is 5.89. The molecule has 0 saturated heterocycles. The Morgan fingerprint density at radius 1 is 0.682 bits per heavy atom. The quantitative estimate of drug-likeness (QED) is 0.244. The fraction of sp³-hybridized carbons (Fsp3) is 0.529. The molecule has 0 heterocycles. The zero-order valence-corrected chi connectivity index (χ0v) is 27.1. The van der Waals surface area contributed by atoms with Gasteiger partial charge < -0.3 is 30.3 Å². The minimum atomic E-state index is -0.816. The molecule has 10 nitrogen and oxygen atoms in total. The molecule has 44 heavy (non-hydrogen) atoms. The van der Waals surface area contributed by atoms with E-state index < -0.39 is 35.3 Å². The van der Waals surface area contributed by atoms with Gasteiger partial charge >= 0.3 is 12.2 Å². The maximum absolute atomic E-state index is 13.6. The lowest BCUT2D eigenvalue weighted by Crippen LogP contribution is -2.53. The van der Waals surface area contributed by atoms with Crippen LogP contribution in [-0.2, 0) is 31.9 Å². The summed E-state index contributed by atoms with van der Waals surface area (Å²) in [5.74, 6) is -0.690. The van der Waals surface area contributed by atoms with Gasteiger partial charge in [-0.1, -0.05) is 60.7 Å². The lowest BCUT2D eigenvalue weighted by atomic mass is 10.1. The van der Waals surface area contributed by atoms with Crippen LogP contribution in [0.15, 0.2) is 60.7 Å². The van der Waals surface area contributed by atoms with E-state index in [1.54, 1.807) is 41.5 Å². The predicted octanol–water partition coefficient (Wildman–Crippen LogP) is 5.00. The maximum atomic E-state index is 13.6. The van der Waals surface area contributed by atoms with E-state index in [1.165, 1.54) is 10.5 Å². The van der Waals surface area contributed by atoms with Gasteiger partial charge in [0, 0.05) is 19.6 Å². The summed E-state index contributed by atoms with van der Waals surface area (Å²) < 4.78 is 10.6. The first kappa shape index (κ1) is 36.1. The summed E-state index contributed by atoms with van der Waals surface area (Å²) in [5, 5.41) is 8.26. The number of nitrogens with one attached hydrogen (secondary N) is 3. The van der Waals surface area contributed by atoms with E-state index in [-0.39, 0.29) is 25.5 Å². The molecule has 2 rings (SSSR count). The van der Waals surface area contributed by atoms with E-state index in [0.29, 0.717) is 25.8 Å². The monoisotopic (exact) mass is 610 g/mol. The highest BCUT2D eigenvalue weighted by atomic mass is 16.6. The van der Waals surface area contributed by atoms with Crippen molar-refractivity contribution in [1.82, 2.24) is 20.9 Å². The van der Waals surface area contributed by atoms with E-state index in [0.717, 1.165) is 18.4 Å². The second kappa shape index (κ2) is 17.9. The van der Waals surface area contributed by atoms with Crippen LogP contribution in [0.3, 0.4) is 0 Å². The Balaban J connectivity index is 2.16. The standard InChI is InChI=1S/C34H50N4O6/c1-33(2,3)43-31(41)36-23-14-20-28(30(40)35-22-13-19-26-15-9-7-10-16-26)38(24-21-27-17-11-8-12-18-27)29(39)25-37-32(42)44-34(4,5)6/h7-12,15-18,28H,13-14,19-25H2,1-6H3,(H,35,40)(H,36,41)(H,37,42)/t28-/m0/s1. The van der Waals surface area contributed by atoms with Gasteiger partial charge in [0.15, 0.2) is 0 Å². The summed E-state index contributed by atoms with van der Waals surface area (Å²) in [7, 11) is 0. The first-order valence-corrected chi connectivity index (χ1v) is 15.3. The fourth-order valence-corrected chi connectivity index (χ4v) is 4.41. The molecule has 2 aromatic rings. The van der Waals surface area contributed by atoms with Gasteiger partial charge in [-0.3, -0.25) is 9.59 Å². The normalized spacial score (nSPS) is 12.0. The highest BCUT2D eigenvalue weighted by Gasteiger charge is 2.30. The molecule has 0 spiro atoms. The first-order chi connectivity index (χ1) is 20.7. The van der Waals surface area contributed by atoms with Crippen LogP contribution in [0.2, 0.25) is 0 Å². The van der Waals surface area contributed by atoms with Crippen LogP contribution < -0.4 is 16.0 Å². The van der Waals surface area contributed by atoms with Crippen LogP contribution in [0.4, 0.5) is 9.59 Å². The Hall–Kier alpha value is -4.08. The maximum Gasteiger partial charge on any atom is 0.408 e. The van der Waals surface area contributed by atoms with Crippen LogP contribution in [0, 0.1) is 0 Å². The third-order valence-electron chi connectivity index (χ3n) is 6.37. The van der Waals surface area contributed by atoms with E-state index in [2.05, 4.69) is 16.0 Å². The molecule has 3 N–H and O–H groups in total. The molecule has 10 heteroatoms. The molecule has 0 aromatic heterocycles. The number of nitrogens with zero attached hydrogens (tertiary/aromatic N) is 1. The molecule has 0 aliphatic carbocycles. The third-order valence-corrected chi connectivity index (χ3v) is 6.37. The predicted molar refractivity (Wildman–Crippen MR) is 171 cm³/mol. The number of aryl methyl sites for hydroxylation is 1. The Morgan fingerprint density at radius 2 is 1.18 bits per heavy atom. The lowest BCUT2D eigenvalue weighted by Gasteiger charge is -2.32. The van der Waals surface area contributed by atoms with Crippen molar-refractivity contribution in [2.24, 2.45) is 0 Å². The fourth-order valence-electron chi connectivity index (χ4n) is 4.41. The molecular weight excluding hydrogens is 560 g/mol. The summed E-state index contributed by atoms with van der Waals surface area (Å²) in [4.78, 5) is 53.2. The zero-order chi connectivity index (χ0) is 32.6. The summed E-state index contributed by atoms with van der Waals surface area (Å²) >= 11 is 0. The van der Waals surface area contributed by atoms with E-state index >= 15 is 0 Å². The van der Waals surface area contributed by atoms with Gasteiger partial charge in [-0.15, -0.1) is 0 Å². The summed E-state index contributed by atoms with van der Waals surface area (Å²) in [6.07, 6.45) is 1.54. The molecule has 242 valence electrons. The average Bonchev–Trinajstić information content (AvgIpc) is 2.94. The summed E-state index contributed by atoms with van der Waals surface area (Å²) in [6.45, 7) is 11.2. The third kappa shape index (κ3) is 15.4. The Labute approximate surface area is 262 Å². The van der Waals surface area contributed by atoms with Crippen LogP contribution in [0.1, 0.15) is 71.9 Å². The molecule has 2 aromatic carbocycles. The molecule has 0 radical (unpaired) electrons. The second-order valence-corrected chi connectivity index (χ2v) is 12.6. The number of alkyl carbamates (subject to hydrolysis) is 2. The molecule has 0 fully saturated rings. The Morgan fingerprint density at radius 3 is 1.73 bits per heavy atom. The summed E-state index contributed by atoms with van der Waals surface area (Å²) in [5.41, 5.74) is 0.843. The minimum Gasteiger partial charge on any atom is -0.444 e. The SMILES string of the molecule is CC(C)(C)OC(=O)NCCC[C@@H](C(=O)NCCCc1ccccc1)N(CCc1ccccc1)C(=O)CNC(=O)OC(C)(C)C. The molecular formula is C34H50N4O6. The molecule has 4 amide bonds. The van der Waals surface area contributed by atoms with E-state index in [4.69, 9.17) is 9.47 Å². The number of hydrogen-bond acceptors (Lipinski definition) is 6. The first-order valence-electron chi connectivity index (χ1n) is 15.3. The smallest absolute Gasteiger partial charge is 0.408 e. The van der Waals surface area contributed by atoms with Crippen LogP contribution >= 0.6 is 0 Å².